The van der Waals surface area contributed by atoms with Crippen LogP contribution in [0.1, 0.15) is 81.1 Å². The van der Waals surface area contributed by atoms with Crippen molar-refractivity contribution >= 4 is 23.4 Å². The lowest BCUT2D eigenvalue weighted by atomic mass is 10.3. The molecule has 0 aromatic heterocycles. The summed E-state index contributed by atoms with van der Waals surface area (Å²) in [7, 11) is -9.90. The van der Waals surface area contributed by atoms with Crippen molar-refractivity contribution in [2.24, 2.45) is 0 Å². The monoisotopic (exact) mass is 517 g/mol. The van der Waals surface area contributed by atoms with Crippen LogP contribution in [0.3, 0.4) is 0 Å². The van der Waals surface area contributed by atoms with Crippen LogP contribution in [0.5, 0.6) is 0 Å². The summed E-state index contributed by atoms with van der Waals surface area (Å²) in [6.45, 7) is 14.8. The van der Waals surface area contributed by atoms with E-state index < -0.39 is 23.4 Å². The molecule has 0 atom stereocenters. The summed E-state index contributed by atoms with van der Waals surface area (Å²) in [5.41, 5.74) is 0. The Morgan fingerprint density at radius 2 is 0.844 bits per heavy atom. The van der Waals surface area contributed by atoms with Gasteiger partial charge in [-0.3, -0.25) is 9.13 Å². The Morgan fingerprint density at radius 1 is 0.562 bits per heavy atom. The lowest BCUT2D eigenvalue weighted by Gasteiger charge is -2.20. The summed E-state index contributed by atoms with van der Waals surface area (Å²) in [4.78, 5) is 0. The average molecular weight is 517 g/mol. The van der Waals surface area contributed by atoms with Crippen LogP contribution in [0.2, 0.25) is 0 Å². The highest BCUT2D eigenvalue weighted by Crippen LogP contribution is 2.61. The first-order valence-corrected chi connectivity index (χ1v) is 15.4. The van der Waals surface area contributed by atoms with Gasteiger partial charge in [-0.2, -0.15) is 0 Å². The number of rotatable bonds is 18. The Bertz CT molecular complexity index is 667. The van der Waals surface area contributed by atoms with E-state index in [1.807, 2.05) is 0 Å². The zero-order valence-corrected chi connectivity index (χ0v) is 23.4. The van der Waals surface area contributed by atoms with Gasteiger partial charge in [0.1, 0.15) is 0 Å². The van der Waals surface area contributed by atoms with Gasteiger partial charge in [-0.25, -0.2) is 9.05 Å². The topological polar surface area (TPSA) is 107 Å². The number of allylic oxidation sites excluding steroid dienone is 4. The molecule has 32 heavy (non-hydrogen) atoms. The van der Waals surface area contributed by atoms with Crippen LogP contribution in [0.15, 0.2) is 22.1 Å². The second-order valence-electron chi connectivity index (χ2n) is 6.23. The molecule has 0 N–H and O–H groups in total. The van der Waals surface area contributed by atoms with Crippen molar-refractivity contribution in [1.29, 1.82) is 0 Å². The van der Waals surface area contributed by atoms with E-state index in [-0.39, 0.29) is 37.9 Å². The summed E-state index contributed by atoms with van der Waals surface area (Å²) in [6, 6.07) is 0. The van der Waals surface area contributed by atoms with Crippen LogP contribution < -0.4 is 0 Å². The summed E-state index contributed by atoms with van der Waals surface area (Å²) < 4.78 is 72.1. The molecule has 0 heterocycles. The van der Waals surface area contributed by atoms with Crippen LogP contribution in [0.25, 0.3) is 0 Å². The highest BCUT2D eigenvalue weighted by molar-refractivity contribution is 7.58. The summed E-state index contributed by atoms with van der Waals surface area (Å²) in [5, 5.41) is 0.644. The summed E-state index contributed by atoms with van der Waals surface area (Å²) >= 11 is 0. The molecule has 9 nitrogen and oxygen atoms in total. The Hall–Kier alpha value is -0.520. The first-order chi connectivity index (χ1) is 15.2. The van der Waals surface area contributed by atoms with Crippen molar-refractivity contribution in [1.82, 2.24) is 0 Å². The Balaban J connectivity index is 6.10. The van der Waals surface area contributed by atoms with Gasteiger partial charge in [-0.1, -0.05) is 27.7 Å². The maximum atomic E-state index is 13.2. The van der Waals surface area contributed by atoms with Crippen molar-refractivity contribution < 1.29 is 40.8 Å². The average Bonchev–Trinajstić information content (AvgIpc) is 2.73. The van der Waals surface area contributed by atoms with Gasteiger partial charge in [0.2, 0.25) is 0 Å². The van der Waals surface area contributed by atoms with Gasteiger partial charge in [-0.05, 0) is 40.5 Å². The molecule has 12 heteroatoms. The Morgan fingerprint density at radius 3 is 1.03 bits per heavy atom. The van der Waals surface area contributed by atoms with Crippen LogP contribution in [0, 0.1) is 0 Å². The van der Waals surface area contributed by atoms with Gasteiger partial charge < -0.3 is 18.1 Å². The highest BCUT2D eigenvalue weighted by Gasteiger charge is 2.39. The molecule has 0 aliphatic rings. The molecule has 0 aromatic carbocycles. The lowest BCUT2D eigenvalue weighted by Crippen LogP contribution is -2.04. The minimum Gasteiger partial charge on any atom is -0.306 e. The fraction of sp³-hybridized carbons (Fsp3) is 0.800. The zero-order valence-electron chi connectivity index (χ0n) is 20.7. The third-order valence-corrected chi connectivity index (χ3v) is 9.77. The molecule has 0 bridgehead atoms. The van der Waals surface area contributed by atoms with Crippen LogP contribution in [0.4, 0.5) is 0 Å². The van der Waals surface area contributed by atoms with Crippen molar-refractivity contribution in [2.75, 3.05) is 26.4 Å². The molecular weight excluding hydrogens is 477 g/mol. The predicted molar refractivity (Wildman–Crippen MR) is 127 cm³/mol. The molecule has 0 rings (SSSR count). The van der Waals surface area contributed by atoms with Gasteiger partial charge in [-0.15, -0.1) is 0 Å². The van der Waals surface area contributed by atoms with Crippen molar-refractivity contribution in [3.63, 3.8) is 0 Å². The second kappa shape index (κ2) is 16.2. The van der Waals surface area contributed by atoms with E-state index in [2.05, 4.69) is 0 Å². The molecule has 0 amide bonds. The molecule has 0 unspecified atom stereocenters. The minimum atomic E-state index is -3.59. The lowest BCUT2D eigenvalue weighted by molar-refractivity contribution is 0.223. The number of hydrogen-bond acceptors (Lipinski definition) is 9. The molecule has 0 saturated heterocycles. The normalized spacial score (nSPS) is 14.6. The molecule has 0 saturated carbocycles. The van der Waals surface area contributed by atoms with Gasteiger partial charge in [0, 0.05) is 17.4 Å². The van der Waals surface area contributed by atoms with Crippen molar-refractivity contribution in [2.45, 2.75) is 81.1 Å². The van der Waals surface area contributed by atoms with Crippen LogP contribution in [-0.2, 0) is 40.8 Å². The SMILES string of the molecule is CCOP(=O)(OCC)C(CC)=C(CC)O[P+](=O)OC(CC)=C(CC)P(=O)(OCC)OCC. The minimum absolute atomic E-state index is 0.188. The summed E-state index contributed by atoms with van der Waals surface area (Å²) in [6.07, 6.45) is 1.26. The second-order valence-corrected chi connectivity index (χ2v) is 11.1. The third-order valence-electron chi connectivity index (χ3n) is 4.18. The Kier molecular flexibility index (Phi) is 15.9. The molecule has 0 aromatic rings. The maximum absolute atomic E-state index is 13.2. The van der Waals surface area contributed by atoms with Crippen molar-refractivity contribution in [3.8, 4) is 0 Å². The molecule has 0 fully saturated rings. The molecule has 0 spiro atoms. The first kappa shape index (κ1) is 31.5. The van der Waals surface area contributed by atoms with Gasteiger partial charge in [0.25, 0.3) is 0 Å². The van der Waals surface area contributed by atoms with Crippen LogP contribution in [-0.4, -0.2) is 26.4 Å². The Labute approximate surface area is 194 Å². The zero-order chi connectivity index (χ0) is 24.8. The quantitative estimate of drug-likeness (QED) is 0.131. The molecule has 0 radical (unpaired) electrons. The maximum Gasteiger partial charge on any atom is 0.804 e. The molecule has 188 valence electrons. The van der Waals surface area contributed by atoms with E-state index >= 15 is 0 Å². The number of hydrogen-bond donors (Lipinski definition) is 0. The summed E-state index contributed by atoms with van der Waals surface area (Å²) in [5.74, 6) is 0.454. The van der Waals surface area contributed by atoms with Crippen molar-refractivity contribution in [3.05, 3.63) is 22.1 Å². The highest BCUT2D eigenvalue weighted by atomic mass is 31.2. The van der Waals surface area contributed by atoms with E-state index in [1.165, 1.54) is 0 Å². The molecule has 0 aliphatic heterocycles. The van der Waals surface area contributed by atoms with Gasteiger partial charge in [0.15, 0.2) is 11.5 Å². The first-order valence-electron chi connectivity index (χ1n) is 11.2. The molecule has 0 aliphatic carbocycles. The van der Waals surface area contributed by atoms with E-state index in [4.69, 9.17) is 27.1 Å². The predicted octanol–water partition coefficient (Wildman–Crippen LogP) is 8.27. The van der Waals surface area contributed by atoms with E-state index in [0.717, 1.165) is 0 Å². The van der Waals surface area contributed by atoms with E-state index in [9.17, 15) is 13.7 Å². The third kappa shape index (κ3) is 9.02. The smallest absolute Gasteiger partial charge is 0.306 e. The fourth-order valence-corrected chi connectivity index (χ4v) is 7.94. The van der Waals surface area contributed by atoms with E-state index in [0.29, 0.717) is 36.3 Å². The van der Waals surface area contributed by atoms with Gasteiger partial charge >= 0.3 is 23.4 Å². The van der Waals surface area contributed by atoms with Gasteiger partial charge in [0.05, 0.1) is 37.1 Å². The van der Waals surface area contributed by atoms with Crippen LogP contribution >= 0.6 is 23.4 Å². The fourth-order valence-electron chi connectivity index (χ4n) is 2.99. The largest absolute Gasteiger partial charge is 0.804 e. The standard InChI is InChI=1S/C20H40O9P3/c1-9-17(19(11-3)31(22,24-13-5)25-14-6)28-30(21)29-18(10-2)20(12-4)32(23,26-15-7)27-16-8/h9-16H2,1-8H3/q+1. The van der Waals surface area contributed by atoms with E-state index in [1.54, 1.807) is 55.4 Å². The molecular formula is C20H40O9P3+.